The van der Waals surface area contributed by atoms with Crippen LogP contribution in [0.3, 0.4) is 0 Å². The zero-order valence-electron chi connectivity index (χ0n) is 11.9. The lowest BCUT2D eigenvalue weighted by molar-refractivity contribution is -0.211. The molecule has 0 spiro atoms. The van der Waals surface area contributed by atoms with Gasteiger partial charge in [0.2, 0.25) is 0 Å². The third-order valence-corrected chi connectivity index (χ3v) is 5.26. The number of hydrogen-bond acceptors (Lipinski definition) is 8. The highest BCUT2D eigenvalue weighted by Gasteiger charge is 2.48. The van der Waals surface area contributed by atoms with Gasteiger partial charge in [-0.05, 0) is 12.8 Å². The van der Waals surface area contributed by atoms with E-state index in [-0.39, 0.29) is 23.8 Å². The van der Waals surface area contributed by atoms with Gasteiger partial charge >= 0.3 is 12.0 Å². The number of hydroxylamine groups is 2. The normalized spacial score (nSPS) is 27.6. The molecule has 2 saturated heterocycles. The van der Waals surface area contributed by atoms with Crippen molar-refractivity contribution in [2.75, 3.05) is 12.0 Å². The van der Waals surface area contributed by atoms with Crippen LogP contribution in [0.1, 0.15) is 25.7 Å². The molecular weight excluding hydrogens is 336 g/mol. The summed E-state index contributed by atoms with van der Waals surface area (Å²) in [4.78, 5) is 26.7. The van der Waals surface area contributed by atoms with Crippen LogP contribution in [0.2, 0.25) is 0 Å². The molecule has 2 aliphatic heterocycles. The zero-order valence-corrected chi connectivity index (χ0v) is 13.6. The van der Waals surface area contributed by atoms with Gasteiger partial charge in [0.05, 0.1) is 18.3 Å². The number of thioether (sulfide) groups is 1. The predicted molar refractivity (Wildman–Crippen MR) is 76.5 cm³/mol. The van der Waals surface area contributed by atoms with E-state index in [9.17, 15) is 23.2 Å². The van der Waals surface area contributed by atoms with Crippen molar-refractivity contribution < 1.29 is 32.4 Å². The van der Waals surface area contributed by atoms with Gasteiger partial charge in [-0.1, -0.05) is 10.8 Å². The quantitative estimate of drug-likeness (QED) is 0.219. The molecule has 2 aliphatic rings. The van der Waals surface area contributed by atoms with E-state index >= 15 is 0 Å². The molecule has 0 radical (unpaired) electrons. The average molecular weight is 354 g/mol. The monoisotopic (exact) mass is 354 g/mol. The lowest BCUT2D eigenvalue weighted by Gasteiger charge is -2.21. The lowest BCUT2D eigenvalue weighted by Crippen LogP contribution is -2.38. The summed E-state index contributed by atoms with van der Waals surface area (Å²) in [5.74, 6) is 0.00594. The summed E-state index contributed by atoms with van der Waals surface area (Å²) in [6.07, 6.45) is 2.76. The van der Waals surface area contributed by atoms with Gasteiger partial charge in [-0.3, -0.25) is 10.1 Å². The smallest absolute Gasteiger partial charge is 0.330 e. The Labute approximate surface area is 132 Å². The van der Waals surface area contributed by atoms with Gasteiger partial charge in [-0.15, -0.1) is 0 Å². The number of nitrogens with one attached hydrogen (secondary N) is 1. The molecule has 2 rings (SSSR count). The first-order valence-electron chi connectivity index (χ1n) is 6.77. The average Bonchev–Trinajstić information content (AvgIpc) is 2.94. The van der Waals surface area contributed by atoms with E-state index in [0.29, 0.717) is 12.8 Å². The minimum absolute atomic E-state index is 0.0411. The maximum Gasteiger partial charge on any atom is 0.343 e. The molecule has 0 saturated carbocycles. The Morgan fingerprint density at radius 3 is 2.91 bits per heavy atom. The molecule has 2 fully saturated rings. The summed E-state index contributed by atoms with van der Waals surface area (Å²) < 4.78 is 25.2. The fourth-order valence-corrected chi connectivity index (χ4v) is 4.28. The summed E-state index contributed by atoms with van der Waals surface area (Å²) in [7, 11) is -3.80. The van der Waals surface area contributed by atoms with E-state index in [1.165, 1.54) is 0 Å². The fourth-order valence-electron chi connectivity index (χ4n) is 2.51. The van der Waals surface area contributed by atoms with Crippen molar-refractivity contribution in [1.82, 2.24) is 10.4 Å². The Bertz CT molecular complexity index is 539. The van der Waals surface area contributed by atoms with Crippen molar-refractivity contribution >= 4 is 33.9 Å². The van der Waals surface area contributed by atoms with Crippen LogP contribution in [-0.2, 0) is 24.1 Å². The molecule has 22 heavy (non-hydrogen) atoms. The van der Waals surface area contributed by atoms with Crippen molar-refractivity contribution in [2.24, 2.45) is 0 Å². The highest BCUT2D eigenvalue weighted by Crippen LogP contribution is 2.36. The number of carbonyl (C=O) groups excluding carboxylic acids is 2. The zero-order chi connectivity index (χ0) is 16.3. The van der Waals surface area contributed by atoms with Gasteiger partial charge in [0.1, 0.15) is 0 Å². The summed E-state index contributed by atoms with van der Waals surface area (Å²) in [5, 5.41) is 13.3. The van der Waals surface area contributed by atoms with Crippen molar-refractivity contribution in [3.05, 3.63) is 0 Å². The maximum atomic E-state index is 11.3. The van der Waals surface area contributed by atoms with E-state index < -0.39 is 22.1 Å². The molecule has 0 aromatic heterocycles. The van der Waals surface area contributed by atoms with Crippen LogP contribution in [0.15, 0.2) is 0 Å². The third-order valence-electron chi connectivity index (χ3n) is 3.45. The van der Waals surface area contributed by atoms with Crippen LogP contribution in [0.4, 0.5) is 4.79 Å². The van der Waals surface area contributed by atoms with E-state index in [4.69, 9.17) is 0 Å². The second-order valence-electron chi connectivity index (χ2n) is 5.24. The van der Waals surface area contributed by atoms with Crippen LogP contribution in [0.25, 0.3) is 0 Å². The number of unbranched alkanes of at least 4 members (excludes halogenated alkanes) is 1. The topological polar surface area (TPSA) is 122 Å². The number of nitrogens with zero attached hydrogens (tertiary/aromatic N) is 1. The minimum Gasteiger partial charge on any atom is -0.330 e. The highest BCUT2D eigenvalue weighted by molar-refractivity contribution is 8.00. The molecule has 126 valence electrons. The van der Waals surface area contributed by atoms with Gasteiger partial charge < -0.3 is 5.32 Å². The van der Waals surface area contributed by atoms with Gasteiger partial charge in [-0.2, -0.15) is 25.2 Å². The molecule has 0 bridgehead atoms. The van der Waals surface area contributed by atoms with Crippen LogP contribution in [0, 0.1) is 0 Å². The highest BCUT2D eigenvalue weighted by atomic mass is 32.2. The van der Waals surface area contributed by atoms with Crippen LogP contribution >= 0.6 is 11.8 Å². The fraction of sp³-hybridized carbons (Fsp3) is 0.818. The first-order chi connectivity index (χ1) is 10.3. The Balaban J connectivity index is 1.65. The Morgan fingerprint density at radius 1 is 1.50 bits per heavy atom. The van der Waals surface area contributed by atoms with Crippen molar-refractivity contribution in [1.29, 1.82) is 0 Å². The number of carbonyl (C=O) groups is 2. The first-order valence-corrected chi connectivity index (χ1v) is 9.63. The summed E-state index contributed by atoms with van der Waals surface area (Å²) >= 11 is 1.68. The lowest BCUT2D eigenvalue weighted by atomic mass is 10.0. The minimum atomic E-state index is -3.80. The Hall–Kier alpha value is -1.04. The summed E-state index contributed by atoms with van der Waals surface area (Å²) in [6, 6.07) is -0.750. The van der Waals surface area contributed by atoms with Crippen LogP contribution in [-0.4, -0.2) is 60.0 Å². The van der Waals surface area contributed by atoms with E-state index in [1.807, 2.05) is 0 Å². The molecule has 11 heteroatoms. The molecule has 0 aliphatic carbocycles. The summed E-state index contributed by atoms with van der Waals surface area (Å²) in [5.41, 5.74) is 0. The first kappa shape index (κ1) is 17.3. The predicted octanol–water partition coefficient (Wildman–Crippen LogP) is 0.248. The third kappa shape index (κ3) is 4.48. The molecule has 3 atom stereocenters. The number of fused-ring (bicyclic) bond motifs is 1. The van der Waals surface area contributed by atoms with E-state index in [1.54, 1.807) is 11.8 Å². The van der Waals surface area contributed by atoms with E-state index in [0.717, 1.165) is 23.5 Å². The second kappa shape index (κ2) is 7.02. The second-order valence-corrected chi connectivity index (χ2v) is 8.05. The Morgan fingerprint density at radius 2 is 2.23 bits per heavy atom. The molecule has 2 amide bonds. The molecule has 0 aromatic rings. The summed E-state index contributed by atoms with van der Waals surface area (Å²) in [6.45, 7) is 0. The van der Waals surface area contributed by atoms with Crippen molar-refractivity contribution in [3.63, 3.8) is 0 Å². The molecular formula is C11H18N2O7S2. The Kier molecular flexibility index (Phi) is 5.53. The number of rotatable bonds is 7. The van der Waals surface area contributed by atoms with Crippen molar-refractivity contribution in [2.45, 2.75) is 43.0 Å². The van der Waals surface area contributed by atoms with Gasteiger partial charge in [0.25, 0.3) is 10.1 Å². The molecule has 2 heterocycles. The van der Waals surface area contributed by atoms with Crippen LogP contribution in [0.5, 0.6) is 0 Å². The molecule has 0 aromatic carbocycles. The number of urea groups is 1. The van der Waals surface area contributed by atoms with Gasteiger partial charge in [0, 0.05) is 17.4 Å². The number of hydrogen-bond donors (Lipinski definition) is 2. The largest absolute Gasteiger partial charge is 0.343 e. The molecule has 9 nitrogen and oxygen atoms in total. The maximum absolute atomic E-state index is 11.3. The van der Waals surface area contributed by atoms with Gasteiger partial charge in [-0.25, -0.2) is 9.59 Å². The molecule has 2 N–H and O–H groups in total. The number of amides is 2. The van der Waals surface area contributed by atoms with Crippen LogP contribution < -0.4 is 5.32 Å². The van der Waals surface area contributed by atoms with Crippen molar-refractivity contribution in [3.8, 4) is 0 Å². The standard InChI is InChI=1S/C11H18N2O7S2/c1-22(17,18)20-19-9(14)5-3-2-4-8-10-7(6-21-8)12-11(15)13(10)16/h7-8,10,16H,2-6H2,1H3,(H,12,15)/t7-,8-,10-/m1/s1. The van der Waals surface area contributed by atoms with Gasteiger partial charge in [0.15, 0.2) is 0 Å². The SMILES string of the molecule is CS(=O)(=O)OOC(=O)CCCC[C@H]1SC[C@H]2NC(=O)N(O)[C@H]21. The molecule has 0 unspecified atom stereocenters. The van der Waals surface area contributed by atoms with E-state index in [2.05, 4.69) is 14.5 Å².